The number of nitrogens with zero attached hydrogens (tertiary/aromatic N) is 1. The highest BCUT2D eigenvalue weighted by Gasteiger charge is 2.26. The maximum Gasteiger partial charge on any atom is 0.215 e. The molecular formula is C27H59NO7S. The minimum absolute atomic E-state index is 0.225. The first kappa shape index (κ1) is 37.9. The highest BCUT2D eigenvalue weighted by atomic mass is 32.3. The fourth-order valence-electron chi connectivity index (χ4n) is 4.75. The SMILES string of the molecule is CCCCCCCCCCCCCCCC[N+](CCCO)(CCCO)CCC(O)CC.O=S(=O)([O-])O. The molecule has 220 valence electrons. The number of quaternary nitrogens is 1. The number of hydrogen-bond acceptors (Lipinski definition) is 6. The van der Waals surface area contributed by atoms with Crippen LogP contribution in [0.15, 0.2) is 0 Å². The summed E-state index contributed by atoms with van der Waals surface area (Å²) >= 11 is 0. The Hall–Kier alpha value is -0.290. The fraction of sp³-hybridized carbons (Fsp3) is 1.00. The van der Waals surface area contributed by atoms with E-state index < -0.39 is 10.4 Å². The van der Waals surface area contributed by atoms with Crippen LogP contribution in [-0.2, 0) is 10.4 Å². The molecule has 0 aliphatic heterocycles. The van der Waals surface area contributed by atoms with Gasteiger partial charge in [0, 0.05) is 32.5 Å². The lowest BCUT2D eigenvalue weighted by atomic mass is 10.0. The summed E-state index contributed by atoms with van der Waals surface area (Å²) in [6, 6.07) is 0. The van der Waals surface area contributed by atoms with Crippen LogP contribution >= 0.6 is 0 Å². The Kier molecular flexibility index (Phi) is 27.7. The standard InChI is InChI=1S/C27H58NO3.H2O4S/c1-3-5-6-7-8-9-10-11-12-13-14-15-16-17-21-28(22-18-25-29,23-19-26-30)24-20-27(31)4-2;1-5(2,3)4/h27,29-31H,3-26H2,1-2H3;(H2,1,2,3,4)/q+1;/p-1. The average Bonchev–Trinajstić information content (AvgIpc) is 2.83. The Morgan fingerprint density at radius 1 is 0.639 bits per heavy atom. The van der Waals surface area contributed by atoms with Crippen molar-refractivity contribution in [2.45, 2.75) is 136 Å². The Bertz CT molecular complexity index is 530. The molecule has 0 radical (unpaired) electrons. The minimum atomic E-state index is -4.92. The van der Waals surface area contributed by atoms with Crippen molar-refractivity contribution in [3.05, 3.63) is 0 Å². The molecule has 0 heterocycles. The Labute approximate surface area is 222 Å². The Balaban J connectivity index is 0. The van der Waals surface area contributed by atoms with Gasteiger partial charge in [-0.25, -0.2) is 8.42 Å². The summed E-state index contributed by atoms with van der Waals surface area (Å²) < 4.78 is 33.8. The predicted molar refractivity (Wildman–Crippen MR) is 147 cm³/mol. The number of aliphatic hydroxyl groups excluding tert-OH is 3. The van der Waals surface area contributed by atoms with Crippen molar-refractivity contribution in [1.29, 1.82) is 0 Å². The zero-order valence-corrected chi connectivity index (χ0v) is 24.2. The van der Waals surface area contributed by atoms with E-state index in [9.17, 15) is 15.3 Å². The maximum atomic E-state index is 10.1. The second kappa shape index (κ2) is 26.3. The van der Waals surface area contributed by atoms with Gasteiger partial charge in [-0.05, 0) is 19.3 Å². The van der Waals surface area contributed by atoms with Crippen LogP contribution in [0.5, 0.6) is 0 Å². The van der Waals surface area contributed by atoms with E-state index in [2.05, 4.69) is 6.92 Å². The fourth-order valence-corrected chi connectivity index (χ4v) is 4.75. The topological polar surface area (TPSA) is 138 Å². The van der Waals surface area contributed by atoms with Crippen molar-refractivity contribution < 1.29 is 37.3 Å². The van der Waals surface area contributed by atoms with Crippen LogP contribution in [0.1, 0.15) is 129 Å². The van der Waals surface area contributed by atoms with E-state index >= 15 is 0 Å². The van der Waals surface area contributed by atoms with Crippen molar-refractivity contribution in [2.75, 3.05) is 39.4 Å². The smallest absolute Gasteiger partial charge is 0.215 e. The summed E-state index contributed by atoms with van der Waals surface area (Å²) in [7, 11) is -4.92. The zero-order chi connectivity index (χ0) is 27.5. The third-order valence-electron chi connectivity index (χ3n) is 6.98. The van der Waals surface area contributed by atoms with Gasteiger partial charge in [0.05, 0.1) is 32.3 Å². The van der Waals surface area contributed by atoms with E-state index in [1.54, 1.807) is 0 Å². The maximum absolute atomic E-state index is 10.1. The number of unbranched alkanes of at least 4 members (excludes halogenated alkanes) is 13. The molecule has 9 heteroatoms. The van der Waals surface area contributed by atoms with Gasteiger partial charge in [0.15, 0.2) is 0 Å². The third kappa shape index (κ3) is 29.9. The molecule has 0 bridgehead atoms. The first-order valence-electron chi connectivity index (χ1n) is 14.6. The van der Waals surface area contributed by atoms with Gasteiger partial charge in [0.1, 0.15) is 0 Å². The van der Waals surface area contributed by atoms with E-state index in [0.29, 0.717) is 0 Å². The van der Waals surface area contributed by atoms with E-state index in [1.807, 2.05) is 6.92 Å². The largest absolute Gasteiger partial charge is 0.726 e. The van der Waals surface area contributed by atoms with Crippen LogP contribution in [0.25, 0.3) is 0 Å². The summed E-state index contributed by atoms with van der Waals surface area (Å²) in [6.45, 7) is 8.79. The third-order valence-corrected chi connectivity index (χ3v) is 6.98. The van der Waals surface area contributed by atoms with E-state index in [4.69, 9.17) is 17.5 Å². The lowest BCUT2D eigenvalue weighted by molar-refractivity contribution is -0.929. The van der Waals surface area contributed by atoms with Gasteiger partial charge < -0.3 is 24.4 Å². The molecule has 1 unspecified atom stereocenters. The van der Waals surface area contributed by atoms with Gasteiger partial charge in [-0.15, -0.1) is 0 Å². The number of hydrogen-bond donors (Lipinski definition) is 4. The normalized spacial score (nSPS) is 12.9. The van der Waals surface area contributed by atoms with Gasteiger partial charge in [-0.1, -0.05) is 90.9 Å². The van der Waals surface area contributed by atoms with Crippen LogP contribution in [0.3, 0.4) is 0 Å². The molecule has 0 aromatic heterocycles. The molecule has 0 rings (SSSR count). The molecule has 1 atom stereocenters. The van der Waals surface area contributed by atoms with Gasteiger partial charge in [0.2, 0.25) is 10.4 Å². The summed E-state index contributed by atoms with van der Waals surface area (Å²) in [6.07, 6.45) is 22.3. The lowest BCUT2D eigenvalue weighted by Gasteiger charge is -2.39. The van der Waals surface area contributed by atoms with Gasteiger partial charge in [-0.3, -0.25) is 4.55 Å². The van der Waals surface area contributed by atoms with Crippen LogP contribution in [-0.4, -0.2) is 82.8 Å². The average molecular weight is 542 g/mol. The van der Waals surface area contributed by atoms with Crippen LogP contribution in [0, 0.1) is 0 Å². The van der Waals surface area contributed by atoms with Crippen molar-refractivity contribution in [3.63, 3.8) is 0 Å². The van der Waals surface area contributed by atoms with E-state index in [1.165, 1.54) is 89.9 Å². The summed E-state index contributed by atoms with van der Waals surface area (Å²) in [5.41, 5.74) is 0. The monoisotopic (exact) mass is 541 g/mol. The molecule has 0 amide bonds. The molecule has 0 fully saturated rings. The summed E-state index contributed by atoms with van der Waals surface area (Å²) in [5.74, 6) is 0. The summed E-state index contributed by atoms with van der Waals surface area (Å²) in [5, 5.41) is 28.8. The summed E-state index contributed by atoms with van der Waals surface area (Å²) in [4.78, 5) is 0. The van der Waals surface area contributed by atoms with Crippen LogP contribution in [0.2, 0.25) is 0 Å². The number of rotatable bonds is 25. The molecule has 0 aromatic rings. The quantitative estimate of drug-likeness (QED) is 0.0538. The highest BCUT2D eigenvalue weighted by molar-refractivity contribution is 7.79. The first-order valence-corrected chi connectivity index (χ1v) is 15.9. The Morgan fingerprint density at radius 3 is 1.31 bits per heavy atom. The van der Waals surface area contributed by atoms with E-state index in [-0.39, 0.29) is 19.3 Å². The molecule has 0 aliphatic carbocycles. The molecule has 0 aromatic carbocycles. The van der Waals surface area contributed by atoms with Crippen molar-refractivity contribution >= 4 is 10.4 Å². The molecule has 4 N–H and O–H groups in total. The molecule has 36 heavy (non-hydrogen) atoms. The van der Waals surface area contributed by atoms with Crippen molar-refractivity contribution in [1.82, 2.24) is 0 Å². The highest BCUT2D eigenvalue weighted by Crippen LogP contribution is 2.18. The lowest BCUT2D eigenvalue weighted by Crippen LogP contribution is -2.52. The van der Waals surface area contributed by atoms with Gasteiger partial charge in [0.25, 0.3) is 0 Å². The molecule has 0 spiro atoms. The zero-order valence-electron chi connectivity index (χ0n) is 23.4. The second-order valence-corrected chi connectivity index (χ2v) is 11.1. The molecule has 0 saturated heterocycles. The minimum Gasteiger partial charge on any atom is -0.726 e. The first-order chi connectivity index (χ1) is 17.1. The Morgan fingerprint density at radius 2 is 0.972 bits per heavy atom. The number of aliphatic hydroxyl groups is 3. The van der Waals surface area contributed by atoms with Crippen LogP contribution < -0.4 is 0 Å². The molecule has 8 nitrogen and oxygen atoms in total. The molecular weight excluding hydrogens is 482 g/mol. The van der Waals surface area contributed by atoms with Crippen LogP contribution in [0.4, 0.5) is 0 Å². The molecule has 0 saturated carbocycles. The predicted octanol–water partition coefficient (Wildman–Crippen LogP) is 5.21. The van der Waals surface area contributed by atoms with E-state index in [0.717, 1.165) is 56.3 Å². The molecule has 0 aliphatic rings. The van der Waals surface area contributed by atoms with Crippen molar-refractivity contribution in [3.8, 4) is 0 Å². The van der Waals surface area contributed by atoms with Gasteiger partial charge >= 0.3 is 0 Å². The second-order valence-electron chi connectivity index (χ2n) is 10.3. The van der Waals surface area contributed by atoms with Gasteiger partial charge in [-0.2, -0.15) is 0 Å². The van der Waals surface area contributed by atoms with Crippen molar-refractivity contribution in [2.24, 2.45) is 0 Å².